The number of rotatable bonds is 7. The molecular weight excluding hydrogens is 428 g/mol. The summed E-state index contributed by atoms with van der Waals surface area (Å²) in [6, 6.07) is 9.50. The van der Waals surface area contributed by atoms with Crippen LogP contribution in [0.15, 0.2) is 54.4 Å². The van der Waals surface area contributed by atoms with Crippen molar-refractivity contribution in [2.24, 2.45) is 0 Å². The molecule has 0 radical (unpaired) electrons. The number of Topliss-reactive ketones (excluding diaryl/α,β-unsaturated/α-hetero) is 1. The van der Waals surface area contributed by atoms with Crippen molar-refractivity contribution in [3.63, 3.8) is 0 Å². The van der Waals surface area contributed by atoms with Crippen molar-refractivity contribution in [3.05, 3.63) is 70.5 Å². The molecule has 0 bridgehead atoms. The van der Waals surface area contributed by atoms with Gasteiger partial charge in [-0.1, -0.05) is 36.8 Å². The summed E-state index contributed by atoms with van der Waals surface area (Å²) >= 11 is 1.20. The number of aliphatic hydroxyl groups excluding tert-OH is 1. The van der Waals surface area contributed by atoms with E-state index in [0.717, 1.165) is 12.8 Å². The van der Waals surface area contributed by atoms with E-state index in [1.54, 1.807) is 37.3 Å². The molecule has 4 rings (SSSR count). The predicted octanol–water partition coefficient (Wildman–Crippen LogP) is 4.05. The maximum atomic E-state index is 13.1. The van der Waals surface area contributed by atoms with Crippen molar-refractivity contribution in [2.45, 2.75) is 32.7 Å². The highest BCUT2D eigenvalue weighted by Crippen LogP contribution is 2.43. The molecule has 1 aliphatic rings. The molecule has 1 unspecified atom stereocenters. The number of benzene rings is 1. The lowest BCUT2D eigenvalue weighted by Gasteiger charge is -2.23. The van der Waals surface area contributed by atoms with Gasteiger partial charge >= 0.3 is 5.91 Å². The molecule has 0 spiro atoms. The molecule has 3 aromatic rings. The number of aliphatic hydroxyl groups is 1. The Bertz CT molecular complexity index is 1180. The van der Waals surface area contributed by atoms with Crippen LogP contribution < -0.4 is 9.64 Å². The smallest absolute Gasteiger partial charge is 0.301 e. The van der Waals surface area contributed by atoms with Gasteiger partial charge in [-0.3, -0.25) is 19.5 Å². The largest absolute Gasteiger partial charge is 0.507 e. The third-order valence-electron chi connectivity index (χ3n) is 5.06. The minimum absolute atomic E-state index is 0.0141. The van der Waals surface area contributed by atoms with Crippen LogP contribution in [0.25, 0.3) is 5.76 Å². The van der Waals surface area contributed by atoms with Gasteiger partial charge in [-0.05, 0) is 43.2 Å². The Morgan fingerprint density at radius 2 is 1.97 bits per heavy atom. The number of hydrogen-bond donors (Lipinski definition) is 1. The van der Waals surface area contributed by atoms with Crippen LogP contribution in [0.2, 0.25) is 0 Å². The third kappa shape index (κ3) is 4.11. The average molecular weight is 451 g/mol. The average Bonchev–Trinajstić information content (AvgIpc) is 3.35. The van der Waals surface area contributed by atoms with Crippen LogP contribution >= 0.6 is 11.3 Å². The number of aromatic nitrogens is 3. The first-order chi connectivity index (χ1) is 15.5. The van der Waals surface area contributed by atoms with Crippen LogP contribution in [0.4, 0.5) is 5.13 Å². The number of carbonyl (C=O) groups excluding carboxylic acids is 2. The van der Waals surface area contributed by atoms with Crippen molar-refractivity contribution in [1.82, 2.24) is 15.2 Å². The number of aryl methyl sites for hydroxylation is 1. The van der Waals surface area contributed by atoms with Crippen LogP contribution in [0, 0.1) is 6.92 Å². The van der Waals surface area contributed by atoms with Gasteiger partial charge in [0.2, 0.25) is 5.13 Å². The Hall–Kier alpha value is -3.59. The van der Waals surface area contributed by atoms with E-state index in [9.17, 15) is 14.7 Å². The Labute approximate surface area is 189 Å². The van der Waals surface area contributed by atoms with Gasteiger partial charge in [0.15, 0.2) is 0 Å². The van der Waals surface area contributed by atoms with Crippen LogP contribution in [0.3, 0.4) is 0 Å². The van der Waals surface area contributed by atoms with E-state index in [1.165, 1.54) is 28.6 Å². The number of unbranched alkanes of at least 4 members (excludes halogenated alkanes) is 1. The Morgan fingerprint density at radius 1 is 1.19 bits per heavy atom. The summed E-state index contributed by atoms with van der Waals surface area (Å²) in [4.78, 5) is 31.4. The molecule has 1 atom stereocenters. The van der Waals surface area contributed by atoms with E-state index in [4.69, 9.17) is 4.74 Å². The standard InChI is InChI=1S/C23H22N4O4S/c1-3-4-12-31-17-7-5-6-16(13-17)19-18(20(28)15-8-10-24-11-9-15)21(29)22(30)27(19)23-26-25-14(2)32-23/h5-11,13,19,28H,3-4,12H2,1-2H3/b20-18+. The zero-order valence-corrected chi connectivity index (χ0v) is 18.5. The molecule has 9 heteroatoms. The molecule has 32 heavy (non-hydrogen) atoms. The van der Waals surface area contributed by atoms with E-state index in [0.29, 0.717) is 33.6 Å². The fourth-order valence-corrected chi connectivity index (χ4v) is 4.22. The molecule has 1 aliphatic heterocycles. The van der Waals surface area contributed by atoms with Crippen molar-refractivity contribution >= 4 is 33.9 Å². The van der Waals surface area contributed by atoms with Gasteiger partial charge in [-0.25, -0.2) is 0 Å². The molecule has 1 aromatic carbocycles. The molecule has 1 amide bonds. The third-order valence-corrected chi connectivity index (χ3v) is 5.90. The molecule has 2 aromatic heterocycles. The number of nitrogens with zero attached hydrogens (tertiary/aromatic N) is 4. The van der Waals surface area contributed by atoms with Gasteiger partial charge in [0.25, 0.3) is 5.78 Å². The number of anilines is 1. The summed E-state index contributed by atoms with van der Waals surface area (Å²) < 4.78 is 5.83. The van der Waals surface area contributed by atoms with Gasteiger partial charge in [-0.15, -0.1) is 10.2 Å². The summed E-state index contributed by atoms with van der Waals surface area (Å²) in [5.74, 6) is -1.19. The van der Waals surface area contributed by atoms with E-state index in [2.05, 4.69) is 22.1 Å². The Balaban J connectivity index is 1.85. The van der Waals surface area contributed by atoms with Gasteiger partial charge in [0, 0.05) is 18.0 Å². The molecule has 1 saturated heterocycles. The zero-order chi connectivity index (χ0) is 22.7. The number of amides is 1. The van der Waals surface area contributed by atoms with Crippen LogP contribution in [-0.2, 0) is 9.59 Å². The van der Waals surface area contributed by atoms with Gasteiger partial charge in [0.05, 0.1) is 18.2 Å². The maximum absolute atomic E-state index is 13.1. The first-order valence-electron chi connectivity index (χ1n) is 10.3. The summed E-state index contributed by atoms with van der Waals surface area (Å²) in [6.07, 6.45) is 4.93. The number of ether oxygens (including phenoxy) is 1. The first kappa shape index (κ1) is 21.6. The normalized spacial score (nSPS) is 17.7. The second-order valence-electron chi connectivity index (χ2n) is 7.28. The van der Waals surface area contributed by atoms with Crippen LogP contribution in [0.5, 0.6) is 5.75 Å². The van der Waals surface area contributed by atoms with Crippen LogP contribution in [0.1, 0.15) is 41.9 Å². The van der Waals surface area contributed by atoms with Gasteiger partial charge < -0.3 is 9.84 Å². The molecule has 0 aliphatic carbocycles. The van der Waals surface area contributed by atoms with E-state index in [1.807, 2.05) is 6.07 Å². The minimum atomic E-state index is -0.870. The Kier molecular flexibility index (Phi) is 6.27. The van der Waals surface area contributed by atoms with E-state index in [-0.39, 0.29) is 11.3 Å². The maximum Gasteiger partial charge on any atom is 0.301 e. The second kappa shape index (κ2) is 9.27. The van der Waals surface area contributed by atoms with Gasteiger partial charge in [-0.2, -0.15) is 0 Å². The summed E-state index contributed by atoms with van der Waals surface area (Å²) in [5, 5.41) is 20.1. The lowest BCUT2D eigenvalue weighted by molar-refractivity contribution is -0.132. The number of carbonyl (C=O) groups is 2. The zero-order valence-electron chi connectivity index (χ0n) is 17.7. The highest BCUT2D eigenvalue weighted by molar-refractivity contribution is 7.15. The quantitative estimate of drug-likeness (QED) is 0.251. The molecule has 1 fully saturated rings. The monoisotopic (exact) mass is 450 g/mol. The summed E-state index contributed by atoms with van der Waals surface area (Å²) in [5.41, 5.74) is 1.01. The fourth-order valence-electron chi connectivity index (χ4n) is 3.50. The molecular formula is C23H22N4O4S. The van der Waals surface area contributed by atoms with Gasteiger partial charge in [0.1, 0.15) is 16.5 Å². The van der Waals surface area contributed by atoms with E-state index < -0.39 is 17.7 Å². The SMILES string of the molecule is CCCCOc1cccc(C2/C(=C(\O)c3ccncc3)C(=O)C(=O)N2c2nnc(C)s2)c1. The molecule has 8 nitrogen and oxygen atoms in total. The van der Waals surface area contributed by atoms with Crippen molar-refractivity contribution in [1.29, 1.82) is 0 Å². The summed E-state index contributed by atoms with van der Waals surface area (Å²) in [6.45, 7) is 4.41. The number of hydrogen-bond acceptors (Lipinski definition) is 8. The lowest BCUT2D eigenvalue weighted by atomic mass is 9.95. The molecule has 164 valence electrons. The van der Waals surface area contributed by atoms with Crippen molar-refractivity contribution in [2.75, 3.05) is 11.5 Å². The van der Waals surface area contributed by atoms with Crippen LogP contribution in [-0.4, -0.2) is 38.6 Å². The number of ketones is 1. The molecule has 3 heterocycles. The lowest BCUT2D eigenvalue weighted by Crippen LogP contribution is -2.29. The molecule has 0 saturated carbocycles. The van der Waals surface area contributed by atoms with Crippen molar-refractivity contribution in [3.8, 4) is 5.75 Å². The topological polar surface area (TPSA) is 106 Å². The molecule has 1 N–H and O–H groups in total. The first-order valence-corrected chi connectivity index (χ1v) is 11.1. The predicted molar refractivity (Wildman–Crippen MR) is 121 cm³/mol. The fraction of sp³-hybridized carbons (Fsp3) is 0.261. The second-order valence-corrected chi connectivity index (χ2v) is 8.44. The highest BCUT2D eigenvalue weighted by Gasteiger charge is 2.48. The highest BCUT2D eigenvalue weighted by atomic mass is 32.1. The Morgan fingerprint density at radius 3 is 2.66 bits per heavy atom. The number of pyridine rings is 1. The summed E-state index contributed by atoms with van der Waals surface area (Å²) in [7, 11) is 0. The van der Waals surface area contributed by atoms with Crippen molar-refractivity contribution < 1.29 is 19.4 Å². The minimum Gasteiger partial charge on any atom is -0.507 e. The van der Waals surface area contributed by atoms with E-state index >= 15 is 0 Å².